The first-order valence-corrected chi connectivity index (χ1v) is 12.4. The SMILES string of the molecule is CCCCCCCC[n+]1ccn(C)c1.[Cl][Fe]([Cl])([Cl])[Cl]. The standard InChI is InChI=1S/C12H23N2.4ClH.Fe/c1-3-4-5-6-7-8-9-14-11-10-13(2)12-14;;;;;/h10-12H,3-9H2,1-2H3;4*1H;/q+1;;;;;+4/p-4. The summed E-state index contributed by atoms with van der Waals surface area (Å²) in [6, 6.07) is 0. The van der Waals surface area contributed by atoms with Crippen molar-refractivity contribution in [1.82, 2.24) is 4.57 Å². The van der Waals surface area contributed by atoms with Gasteiger partial charge in [0, 0.05) is 0 Å². The molecule has 7 heteroatoms. The Morgan fingerprint density at radius 3 is 2.00 bits per heavy atom. The molecule has 0 aliphatic rings. The normalized spacial score (nSPS) is 11.9. The van der Waals surface area contributed by atoms with E-state index in [1.54, 1.807) is 0 Å². The molecule has 0 bridgehead atoms. The number of halogens is 4. The van der Waals surface area contributed by atoms with Crippen LogP contribution in [0.5, 0.6) is 0 Å². The zero-order valence-corrected chi connectivity index (χ0v) is 15.6. The molecule has 0 unspecified atom stereocenters. The second-order valence-corrected chi connectivity index (χ2v) is 15.3. The molecule has 2 nitrogen and oxygen atoms in total. The van der Waals surface area contributed by atoms with Crippen molar-refractivity contribution in [1.29, 1.82) is 0 Å². The van der Waals surface area contributed by atoms with Gasteiger partial charge < -0.3 is 0 Å². The molecule has 0 aromatic carbocycles. The first-order chi connectivity index (χ1) is 8.83. The van der Waals surface area contributed by atoms with E-state index in [9.17, 15) is 0 Å². The second-order valence-electron chi connectivity index (χ2n) is 4.39. The molecule has 0 amide bonds. The monoisotopic (exact) mass is 391 g/mol. The van der Waals surface area contributed by atoms with Crippen molar-refractivity contribution in [3.8, 4) is 0 Å². The van der Waals surface area contributed by atoms with Gasteiger partial charge in [0.25, 0.3) is 0 Å². The Balaban J connectivity index is 0.000000555. The molecular formula is C12H23Cl4FeN2+. The van der Waals surface area contributed by atoms with E-state index in [2.05, 4.69) is 41.8 Å². The summed E-state index contributed by atoms with van der Waals surface area (Å²) in [6.07, 6.45) is 14.6. The number of unbranched alkanes of at least 4 members (excludes halogenated alkanes) is 5. The van der Waals surface area contributed by atoms with Crippen LogP contribution in [-0.4, -0.2) is 4.57 Å². The summed E-state index contributed by atoms with van der Waals surface area (Å²) in [5.74, 6) is 0. The summed E-state index contributed by atoms with van der Waals surface area (Å²) in [4.78, 5) is 0. The molecule has 19 heavy (non-hydrogen) atoms. The van der Waals surface area contributed by atoms with Crippen LogP contribution < -0.4 is 4.57 Å². The van der Waals surface area contributed by atoms with Gasteiger partial charge in [-0.25, -0.2) is 9.13 Å². The van der Waals surface area contributed by atoms with E-state index in [1.807, 2.05) is 0 Å². The van der Waals surface area contributed by atoms with Crippen molar-refractivity contribution in [2.24, 2.45) is 7.05 Å². The molecular weight excluding hydrogens is 370 g/mol. The molecule has 0 aliphatic carbocycles. The van der Waals surface area contributed by atoms with Gasteiger partial charge in [0.1, 0.15) is 12.4 Å². The van der Waals surface area contributed by atoms with Crippen LogP contribution in [0.25, 0.3) is 0 Å². The van der Waals surface area contributed by atoms with Gasteiger partial charge in [-0.2, -0.15) is 0 Å². The molecule has 0 spiro atoms. The first kappa shape index (κ1) is 19.9. The Morgan fingerprint density at radius 1 is 1.00 bits per heavy atom. The molecule has 0 radical (unpaired) electrons. The number of nitrogens with zero attached hydrogens (tertiary/aromatic N) is 2. The number of hydrogen-bond donors (Lipinski definition) is 0. The summed E-state index contributed by atoms with van der Waals surface area (Å²) in [5, 5.41) is 0. The van der Waals surface area contributed by atoms with Gasteiger partial charge in [0.05, 0.1) is 13.6 Å². The van der Waals surface area contributed by atoms with Crippen molar-refractivity contribution in [2.75, 3.05) is 0 Å². The molecule has 0 fully saturated rings. The molecule has 1 aromatic rings. The van der Waals surface area contributed by atoms with Gasteiger partial charge >= 0.3 is 49.6 Å². The summed E-state index contributed by atoms with van der Waals surface area (Å²) in [7, 11) is 19.3. The third-order valence-electron chi connectivity index (χ3n) is 2.59. The fraction of sp³-hybridized carbons (Fsp3) is 0.750. The molecule has 1 heterocycles. The van der Waals surface area contributed by atoms with Crippen molar-refractivity contribution >= 4 is 40.4 Å². The van der Waals surface area contributed by atoms with Crippen molar-refractivity contribution in [3.63, 3.8) is 0 Å². The first-order valence-electron chi connectivity index (χ1n) is 6.37. The van der Waals surface area contributed by atoms with E-state index < -0.39 is 9.20 Å². The van der Waals surface area contributed by atoms with Crippen LogP contribution in [0, 0.1) is 0 Å². The van der Waals surface area contributed by atoms with Crippen LogP contribution >= 0.6 is 40.4 Å². The van der Waals surface area contributed by atoms with Crippen LogP contribution in [-0.2, 0) is 22.8 Å². The van der Waals surface area contributed by atoms with Gasteiger partial charge in [-0.3, -0.25) is 0 Å². The van der Waals surface area contributed by atoms with Crippen LogP contribution in [0.3, 0.4) is 0 Å². The number of rotatable bonds is 7. The minimum absolute atomic E-state index is 1.17. The third-order valence-corrected chi connectivity index (χ3v) is 2.59. The van der Waals surface area contributed by atoms with Crippen molar-refractivity contribution in [3.05, 3.63) is 18.7 Å². The van der Waals surface area contributed by atoms with Crippen LogP contribution in [0.4, 0.5) is 0 Å². The molecule has 0 saturated carbocycles. The van der Waals surface area contributed by atoms with Gasteiger partial charge in [0.15, 0.2) is 0 Å². The average Bonchev–Trinajstić information content (AvgIpc) is 2.67. The fourth-order valence-corrected chi connectivity index (χ4v) is 1.71. The Hall–Kier alpha value is 0.889. The quantitative estimate of drug-likeness (QED) is 0.332. The fourth-order valence-electron chi connectivity index (χ4n) is 1.71. The van der Waals surface area contributed by atoms with E-state index in [-0.39, 0.29) is 0 Å². The Kier molecular flexibility index (Phi) is 12.1. The van der Waals surface area contributed by atoms with Gasteiger partial charge in [-0.05, 0) is 12.8 Å². The third kappa shape index (κ3) is 16.8. The summed E-state index contributed by atoms with van der Waals surface area (Å²) >= 11 is 0. The maximum absolute atomic E-state index is 4.95. The van der Waals surface area contributed by atoms with E-state index in [1.165, 1.54) is 45.1 Å². The average molecular weight is 393 g/mol. The van der Waals surface area contributed by atoms with Crippen LogP contribution in [0.2, 0.25) is 0 Å². The number of hydrogen-bond acceptors (Lipinski definition) is 0. The molecule has 1 aromatic heterocycles. The number of aromatic nitrogens is 2. The van der Waals surface area contributed by atoms with Crippen LogP contribution in [0.1, 0.15) is 45.4 Å². The van der Waals surface area contributed by atoms with Gasteiger partial charge in [-0.1, -0.05) is 32.6 Å². The Labute approximate surface area is 136 Å². The molecule has 0 N–H and O–H groups in total. The van der Waals surface area contributed by atoms with E-state index in [4.69, 9.17) is 40.4 Å². The maximum atomic E-state index is 4.95. The van der Waals surface area contributed by atoms with Crippen molar-refractivity contribution < 1.29 is 13.8 Å². The molecule has 0 atom stereocenters. The zero-order valence-electron chi connectivity index (χ0n) is 11.4. The van der Waals surface area contributed by atoms with E-state index in [0.29, 0.717) is 0 Å². The summed E-state index contributed by atoms with van der Waals surface area (Å²) in [6.45, 7) is 3.44. The molecule has 0 saturated heterocycles. The second kappa shape index (κ2) is 11.5. The van der Waals surface area contributed by atoms with Crippen molar-refractivity contribution in [2.45, 2.75) is 52.0 Å². The van der Waals surface area contributed by atoms with Gasteiger partial charge in [0.2, 0.25) is 6.33 Å². The molecule has 116 valence electrons. The molecule has 1 rings (SSSR count). The van der Waals surface area contributed by atoms with E-state index >= 15 is 0 Å². The number of imidazole rings is 1. The topological polar surface area (TPSA) is 8.81 Å². The number of aryl methyl sites for hydroxylation is 2. The van der Waals surface area contributed by atoms with Gasteiger partial charge in [-0.15, -0.1) is 0 Å². The molecule has 0 aliphatic heterocycles. The summed E-state index contributed by atoms with van der Waals surface area (Å²) in [5.41, 5.74) is 0. The van der Waals surface area contributed by atoms with E-state index in [0.717, 1.165) is 0 Å². The Morgan fingerprint density at radius 2 is 1.53 bits per heavy atom. The minimum atomic E-state index is -2.61. The summed E-state index contributed by atoms with van der Waals surface area (Å²) < 4.78 is 4.36. The Bertz CT molecular complexity index is 320. The predicted octanol–water partition coefficient (Wildman–Crippen LogP) is 5.43. The predicted molar refractivity (Wildman–Crippen MR) is 82.4 cm³/mol. The van der Waals surface area contributed by atoms with Crippen LogP contribution in [0.15, 0.2) is 18.7 Å². The zero-order chi connectivity index (χ0) is 14.7.